The molecular weight excluding hydrogens is 327 g/mol. The quantitative estimate of drug-likeness (QED) is 0.870. The van der Waals surface area contributed by atoms with Gasteiger partial charge in [0.25, 0.3) is 0 Å². The summed E-state index contributed by atoms with van der Waals surface area (Å²) in [4.78, 5) is 0.815. The molecule has 2 aromatic rings. The second kappa shape index (κ2) is 5.48. The number of hydrogen-bond acceptors (Lipinski definition) is 2. The molecule has 0 aliphatic rings. The molecule has 0 aliphatic heterocycles. The molecule has 1 nitrogen and oxygen atoms in total. The maximum atomic E-state index is 13.0. The van der Waals surface area contributed by atoms with Crippen molar-refractivity contribution in [3.8, 4) is 0 Å². The van der Waals surface area contributed by atoms with Gasteiger partial charge in [0.1, 0.15) is 5.82 Å². The standard InChI is InChI=1S/C12H9BrClFOS/c13-8-5-7(1-2-9(8)15)6-10(16)11-3-4-12(14)17-11/h1-5,10,16H,6H2. The summed E-state index contributed by atoms with van der Waals surface area (Å²) in [6.45, 7) is 0. The zero-order chi connectivity index (χ0) is 12.4. The van der Waals surface area contributed by atoms with Gasteiger partial charge < -0.3 is 5.11 Å². The highest BCUT2D eigenvalue weighted by Gasteiger charge is 2.12. The fourth-order valence-electron chi connectivity index (χ4n) is 1.50. The first kappa shape index (κ1) is 13.0. The van der Waals surface area contributed by atoms with Gasteiger partial charge in [-0.3, -0.25) is 0 Å². The third kappa shape index (κ3) is 3.28. The van der Waals surface area contributed by atoms with E-state index >= 15 is 0 Å². The van der Waals surface area contributed by atoms with Crippen LogP contribution in [0.3, 0.4) is 0 Å². The lowest BCUT2D eigenvalue weighted by molar-refractivity contribution is 0.182. The smallest absolute Gasteiger partial charge is 0.137 e. The maximum absolute atomic E-state index is 13.0. The van der Waals surface area contributed by atoms with Crippen LogP contribution in [0, 0.1) is 5.82 Å². The Bertz CT molecular complexity index is 529. The van der Waals surface area contributed by atoms with Crippen molar-refractivity contribution < 1.29 is 9.50 Å². The van der Waals surface area contributed by atoms with Gasteiger partial charge in [0.2, 0.25) is 0 Å². The van der Waals surface area contributed by atoms with Gasteiger partial charge in [-0.25, -0.2) is 4.39 Å². The number of thiophene rings is 1. The molecule has 0 aliphatic carbocycles. The van der Waals surface area contributed by atoms with Crippen LogP contribution in [0.2, 0.25) is 4.34 Å². The first-order valence-electron chi connectivity index (χ1n) is 4.93. The molecule has 5 heteroatoms. The van der Waals surface area contributed by atoms with E-state index in [1.807, 2.05) is 0 Å². The zero-order valence-electron chi connectivity index (χ0n) is 8.66. The van der Waals surface area contributed by atoms with Crippen LogP contribution in [0.5, 0.6) is 0 Å². The van der Waals surface area contributed by atoms with Crippen molar-refractivity contribution in [1.29, 1.82) is 0 Å². The molecule has 1 unspecified atom stereocenters. The van der Waals surface area contributed by atoms with E-state index in [4.69, 9.17) is 11.6 Å². The first-order valence-corrected chi connectivity index (χ1v) is 6.92. The van der Waals surface area contributed by atoms with Gasteiger partial charge >= 0.3 is 0 Å². The van der Waals surface area contributed by atoms with Gasteiger partial charge in [-0.15, -0.1) is 11.3 Å². The van der Waals surface area contributed by atoms with Crippen LogP contribution < -0.4 is 0 Å². The Balaban J connectivity index is 2.12. The van der Waals surface area contributed by atoms with Crippen LogP contribution in [0.1, 0.15) is 16.5 Å². The van der Waals surface area contributed by atoms with E-state index in [2.05, 4.69) is 15.9 Å². The highest BCUT2D eigenvalue weighted by atomic mass is 79.9. The summed E-state index contributed by atoms with van der Waals surface area (Å²) in [5.74, 6) is -0.303. The SMILES string of the molecule is OC(Cc1ccc(F)c(Br)c1)c1ccc(Cl)s1. The molecule has 0 spiro atoms. The van der Waals surface area contributed by atoms with E-state index in [0.717, 1.165) is 10.4 Å². The largest absolute Gasteiger partial charge is 0.387 e. The number of aliphatic hydroxyl groups excluding tert-OH is 1. The van der Waals surface area contributed by atoms with Crippen molar-refractivity contribution >= 4 is 38.9 Å². The summed E-state index contributed by atoms with van der Waals surface area (Å²) < 4.78 is 14.1. The first-order chi connectivity index (χ1) is 8.06. The van der Waals surface area contributed by atoms with Crippen LogP contribution in [0.4, 0.5) is 4.39 Å². The molecule has 0 amide bonds. The number of hydrogen-bond donors (Lipinski definition) is 1. The Labute approximate surface area is 116 Å². The minimum absolute atomic E-state index is 0.303. The van der Waals surface area contributed by atoms with Crippen LogP contribution in [-0.4, -0.2) is 5.11 Å². The van der Waals surface area contributed by atoms with Crippen molar-refractivity contribution in [3.63, 3.8) is 0 Å². The number of rotatable bonds is 3. The molecule has 2 rings (SSSR count). The summed E-state index contributed by atoms with van der Waals surface area (Å²) in [5.41, 5.74) is 0.871. The molecule has 0 radical (unpaired) electrons. The monoisotopic (exact) mass is 334 g/mol. The number of halogens is 3. The van der Waals surface area contributed by atoms with Gasteiger partial charge in [-0.1, -0.05) is 17.7 Å². The number of benzene rings is 1. The fraction of sp³-hybridized carbons (Fsp3) is 0.167. The average molecular weight is 336 g/mol. The molecule has 17 heavy (non-hydrogen) atoms. The lowest BCUT2D eigenvalue weighted by Gasteiger charge is -2.09. The Hall–Kier alpha value is -0.420. The molecule has 1 N–H and O–H groups in total. The summed E-state index contributed by atoms with van der Waals surface area (Å²) in [7, 11) is 0. The minimum Gasteiger partial charge on any atom is -0.387 e. The van der Waals surface area contributed by atoms with Crippen LogP contribution >= 0.6 is 38.9 Å². The lowest BCUT2D eigenvalue weighted by atomic mass is 10.1. The fourth-order valence-corrected chi connectivity index (χ4v) is 2.97. The molecule has 90 valence electrons. The zero-order valence-corrected chi connectivity index (χ0v) is 11.8. The maximum Gasteiger partial charge on any atom is 0.137 e. The highest BCUT2D eigenvalue weighted by Crippen LogP contribution is 2.29. The predicted octanol–water partition coefficient (Wildman–Crippen LogP) is 4.58. The molecule has 1 heterocycles. The van der Waals surface area contributed by atoms with E-state index in [0.29, 0.717) is 15.2 Å². The van der Waals surface area contributed by atoms with Gasteiger partial charge in [0, 0.05) is 11.3 Å². The minimum atomic E-state index is -0.607. The molecule has 0 fully saturated rings. The van der Waals surface area contributed by atoms with E-state index in [1.54, 1.807) is 24.3 Å². The van der Waals surface area contributed by atoms with Crippen molar-refractivity contribution in [3.05, 3.63) is 55.4 Å². The van der Waals surface area contributed by atoms with E-state index in [9.17, 15) is 9.50 Å². The van der Waals surface area contributed by atoms with E-state index < -0.39 is 6.10 Å². The molecule has 0 saturated carbocycles. The normalized spacial score (nSPS) is 12.7. The summed E-state index contributed by atoms with van der Waals surface area (Å²) in [6, 6.07) is 8.28. The van der Waals surface area contributed by atoms with Crippen molar-refractivity contribution in [2.24, 2.45) is 0 Å². The second-order valence-electron chi connectivity index (χ2n) is 3.61. The van der Waals surface area contributed by atoms with Gasteiger partial charge in [0.15, 0.2) is 0 Å². The van der Waals surface area contributed by atoms with Crippen molar-refractivity contribution in [1.82, 2.24) is 0 Å². The lowest BCUT2D eigenvalue weighted by Crippen LogP contribution is -1.99. The van der Waals surface area contributed by atoms with Gasteiger partial charge in [-0.2, -0.15) is 0 Å². The van der Waals surface area contributed by atoms with Gasteiger partial charge in [0.05, 0.1) is 14.9 Å². The van der Waals surface area contributed by atoms with E-state index in [1.165, 1.54) is 17.4 Å². The third-order valence-corrected chi connectivity index (χ3v) is 4.28. The highest BCUT2D eigenvalue weighted by molar-refractivity contribution is 9.10. The Morgan fingerprint density at radius 2 is 2.12 bits per heavy atom. The molecule has 1 aromatic carbocycles. The predicted molar refractivity (Wildman–Crippen MR) is 72.1 cm³/mol. The van der Waals surface area contributed by atoms with Gasteiger partial charge in [-0.05, 0) is 45.8 Å². The summed E-state index contributed by atoms with van der Waals surface area (Å²) in [5, 5.41) is 9.99. The third-order valence-electron chi connectivity index (χ3n) is 2.34. The second-order valence-corrected chi connectivity index (χ2v) is 6.21. The number of aliphatic hydroxyl groups is 1. The Morgan fingerprint density at radius 3 is 2.71 bits per heavy atom. The molecule has 1 atom stereocenters. The Kier molecular flexibility index (Phi) is 4.20. The van der Waals surface area contributed by atoms with Crippen LogP contribution in [0.25, 0.3) is 0 Å². The Morgan fingerprint density at radius 1 is 1.35 bits per heavy atom. The topological polar surface area (TPSA) is 20.2 Å². The van der Waals surface area contributed by atoms with Crippen LogP contribution in [0.15, 0.2) is 34.8 Å². The molecule has 0 bridgehead atoms. The van der Waals surface area contributed by atoms with E-state index in [-0.39, 0.29) is 5.82 Å². The van der Waals surface area contributed by atoms with Crippen molar-refractivity contribution in [2.45, 2.75) is 12.5 Å². The molecule has 0 saturated heterocycles. The average Bonchev–Trinajstić information content (AvgIpc) is 2.70. The summed E-state index contributed by atoms with van der Waals surface area (Å²) >= 11 is 10.3. The summed E-state index contributed by atoms with van der Waals surface area (Å²) in [6.07, 6.45) is -0.166. The molecule has 1 aromatic heterocycles. The van der Waals surface area contributed by atoms with Crippen molar-refractivity contribution in [2.75, 3.05) is 0 Å². The van der Waals surface area contributed by atoms with Crippen LogP contribution in [-0.2, 0) is 6.42 Å². The molecular formula is C12H9BrClFOS.